The summed E-state index contributed by atoms with van der Waals surface area (Å²) in [5.41, 5.74) is 2.34. The zero-order valence-electron chi connectivity index (χ0n) is 13.1. The Hall–Kier alpha value is -2.46. The highest BCUT2D eigenvalue weighted by atomic mass is 35.5. The zero-order valence-corrected chi connectivity index (χ0v) is 13.9. The minimum atomic E-state index is -0.308. The fraction of sp³-hybridized carbons (Fsp3) is 0.211. The lowest BCUT2D eigenvalue weighted by Gasteiger charge is -2.37. The number of fused-ring (bicyclic) bond motifs is 1. The van der Waals surface area contributed by atoms with E-state index in [4.69, 9.17) is 16.0 Å². The van der Waals surface area contributed by atoms with Crippen molar-refractivity contribution in [2.45, 2.75) is 0 Å². The van der Waals surface area contributed by atoms with Crippen LogP contribution in [0.25, 0.3) is 11.0 Å². The molecule has 4 nitrogen and oxygen atoms in total. The number of hydrogen-bond acceptors (Lipinski definition) is 4. The van der Waals surface area contributed by atoms with Crippen LogP contribution in [0.15, 0.2) is 63.8 Å². The fourth-order valence-electron chi connectivity index (χ4n) is 3.25. The molecule has 0 N–H and O–H groups in total. The highest BCUT2D eigenvalue weighted by Crippen LogP contribution is 2.29. The summed E-state index contributed by atoms with van der Waals surface area (Å²) in [6.07, 6.45) is 0. The van der Waals surface area contributed by atoms with Gasteiger partial charge in [0.15, 0.2) is 0 Å². The molecule has 3 aromatic rings. The van der Waals surface area contributed by atoms with Crippen LogP contribution in [0.5, 0.6) is 0 Å². The van der Waals surface area contributed by atoms with Crippen LogP contribution in [-0.4, -0.2) is 26.2 Å². The van der Waals surface area contributed by atoms with E-state index in [1.54, 1.807) is 6.07 Å². The summed E-state index contributed by atoms with van der Waals surface area (Å²) in [6, 6.07) is 17.2. The van der Waals surface area contributed by atoms with Crippen LogP contribution in [0.4, 0.5) is 11.4 Å². The van der Waals surface area contributed by atoms with E-state index in [2.05, 4.69) is 9.80 Å². The molecule has 0 radical (unpaired) electrons. The Bertz CT molecular complexity index is 930. The third-order valence-electron chi connectivity index (χ3n) is 4.44. The van der Waals surface area contributed by atoms with Gasteiger partial charge in [0.1, 0.15) is 5.58 Å². The molecule has 5 heteroatoms. The quantitative estimate of drug-likeness (QED) is 0.665. The molecular formula is C19H17ClN2O2. The van der Waals surface area contributed by atoms with Gasteiger partial charge >= 0.3 is 5.63 Å². The first-order valence-corrected chi connectivity index (χ1v) is 8.37. The van der Waals surface area contributed by atoms with Crippen LogP contribution in [0, 0.1) is 0 Å². The monoisotopic (exact) mass is 340 g/mol. The molecule has 2 heterocycles. The van der Waals surface area contributed by atoms with Crippen LogP contribution in [0.2, 0.25) is 5.02 Å². The minimum Gasteiger partial charge on any atom is -0.423 e. The molecule has 1 fully saturated rings. The largest absolute Gasteiger partial charge is 0.423 e. The molecule has 0 aliphatic carbocycles. The number of para-hydroxylation sites is 2. The predicted molar refractivity (Wildman–Crippen MR) is 98.4 cm³/mol. The van der Waals surface area contributed by atoms with Crippen LogP contribution < -0.4 is 15.4 Å². The molecule has 0 unspecified atom stereocenters. The zero-order chi connectivity index (χ0) is 16.5. The van der Waals surface area contributed by atoms with Crippen molar-refractivity contribution in [3.8, 4) is 0 Å². The molecule has 1 aromatic heterocycles. The maximum Gasteiger partial charge on any atom is 0.338 e. The van der Waals surface area contributed by atoms with Gasteiger partial charge in [-0.2, -0.15) is 0 Å². The van der Waals surface area contributed by atoms with E-state index in [1.165, 1.54) is 0 Å². The Labute approximate surface area is 144 Å². The Morgan fingerprint density at radius 2 is 1.46 bits per heavy atom. The second-order valence-electron chi connectivity index (χ2n) is 5.87. The lowest BCUT2D eigenvalue weighted by molar-refractivity contribution is 0.559. The fourth-order valence-corrected chi connectivity index (χ4v) is 3.51. The molecule has 0 spiro atoms. The molecule has 1 saturated heterocycles. The molecule has 0 amide bonds. The number of nitrogens with zero attached hydrogens (tertiary/aromatic N) is 2. The van der Waals surface area contributed by atoms with Crippen LogP contribution >= 0.6 is 11.6 Å². The minimum absolute atomic E-state index is 0.308. The van der Waals surface area contributed by atoms with Crippen molar-refractivity contribution in [1.29, 1.82) is 0 Å². The molecular weight excluding hydrogens is 324 g/mol. The Morgan fingerprint density at radius 1 is 0.833 bits per heavy atom. The van der Waals surface area contributed by atoms with Crippen molar-refractivity contribution < 1.29 is 4.42 Å². The molecule has 4 rings (SSSR count). The van der Waals surface area contributed by atoms with Crippen molar-refractivity contribution in [1.82, 2.24) is 0 Å². The summed E-state index contributed by atoms with van der Waals surface area (Å²) < 4.78 is 5.29. The Morgan fingerprint density at radius 3 is 2.21 bits per heavy atom. The van der Waals surface area contributed by atoms with Gasteiger partial charge < -0.3 is 14.2 Å². The van der Waals surface area contributed by atoms with Crippen LogP contribution in [0.3, 0.4) is 0 Å². The average Bonchev–Trinajstić information content (AvgIpc) is 2.62. The molecule has 0 saturated carbocycles. The van der Waals surface area contributed by atoms with E-state index in [1.807, 2.05) is 48.5 Å². The average molecular weight is 341 g/mol. The normalized spacial score (nSPS) is 15.0. The van der Waals surface area contributed by atoms with Gasteiger partial charge in [-0.3, -0.25) is 0 Å². The van der Waals surface area contributed by atoms with Crippen molar-refractivity contribution in [3.63, 3.8) is 0 Å². The van der Waals surface area contributed by atoms with Crippen molar-refractivity contribution >= 4 is 33.9 Å². The van der Waals surface area contributed by atoms with Gasteiger partial charge in [0.05, 0.1) is 16.4 Å². The molecule has 2 aromatic carbocycles. The number of piperazine rings is 1. The van der Waals surface area contributed by atoms with E-state index in [0.29, 0.717) is 5.58 Å². The van der Waals surface area contributed by atoms with E-state index in [0.717, 1.165) is 48.0 Å². The van der Waals surface area contributed by atoms with Crippen molar-refractivity contribution in [2.75, 3.05) is 36.0 Å². The van der Waals surface area contributed by atoms with E-state index in [-0.39, 0.29) is 5.63 Å². The summed E-state index contributed by atoms with van der Waals surface area (Å²) in [5.74, 6) is 0. The summed E-state index contributed by atoms with van der Waals surface area (Å²) in [7, 11) is 0. The highest BCUT2D eigenvalue weighted by Gasteiger charge is 2.21. The van der Waals surface area contributed by atoms with Gasteiger partial charge in [-0.25, -0.2) is 4.79 Å². The molecule has 0 atom stereocenters. The third-order valence-corrected chi connectivity index (χ3v) is 4.76. The first-order chi connectivity index (χ1) is 11.7. The first-order valence-electron chi connectivity index (χ1n) is 8.00. The number of halogens is 1. The number of anilines is 2. The molecule has 0 bridgehead atoms. The van der Waals surface area contributed by atoms with Crippen LogP contribution in [0.1, 0.15) is 0 Å². The standard InChI is InChI=1S/C19H17ClN2O2/c20-15-6-2-3-7-16(15)21-9-11-22(12-10-21)17-13-19(23)24-18-8-4-1-5-14(17)18/h1-8,13H,9-12H2. The van der Waals surface area contributed by atoms with E-state index in [9.17, 15) is 4.79 Å². The number of benzene rings is 2. The van der Waals surface area contributed by atoms with Gasteiger partial charge in [0, 0.05) is 37.6 Å². The summed E-state index contributed by atoms with van der Waals surface area (Å²) in [6.45, 7) is 3.38. The first kappa shape index (κ1) is 15.1. The summed E-state index contributed by atoms with van der Waals surface area (Å²) >= 11 is 6.30. The Balaban J connectivity index is 1.61. The molecule has 1 aliphatic heterocycles. The van der Waals surface area contributed by atoms with Gasteiger partial charge in [-0.1, -0.05) is 35.9 Å². The lowest BCUT2D eigenvalue weighted by Crippen LogP contribution is -2.46. The second-order valence-corrected chi connectivity index (χ2v) is 6.28. The Kier molecular flexibility index (Phi) is 3.90. The van der Waals surface area contributed by atoms with Gasteiger partial charge in [0.2, 0.25) is 0 Å². The maximum atomic E-state index is 11.9. The van der Waals surface area contributed by atoms with Gasteiger partial charge in [-0.15, -0.1) is 0 Å². The van der Waals surface area contributed by atoms with E-state index >= 15 is 0 Å². The lowest BCUT2D eigenvalue weighted by atomic mass is 10.1. The smallest absolute Gasteiger partial charge is 0.338 e. The summed E-state index contributed by atoms with van der Waals surface area (Å²) in [4.78, 5) is 16.4. The molecule has 122 valence electrons. The summed E-state index contributed by atoms with van der Waals surface area (Å²) in [5, 5.41) is 1.75. The van der Waals surface area contributed by atoms with E-state index < -0.39 is 0 Å². The molecule has 24 heavy (non-hydrogen) atoms. The van der Waals surface area contributed by atoms with Gasteiger partial charge in [-0.05, 0) is 24.3 Å². The number of hydrogen-bond donors (Lipinski definition) is 0. The number of rotatable bonds is 2. The SMILES string of the molecule is O=c1cc(N2CCN(c3ccccc3Cl)CC2)c2ccccc2o1. The van der Waals surface area contributed by atoms with Crippen molar-refractivity contribution in [3.05, 3.63) is 70.0 Å². The van der Waals surface area contributed by atoms with Crippen LogP contribution in [-0.2, 0) is 0 Å². The second kappa shape index (κ2) is 6.21. The molecule has 1 aliphatic rings. The van der Waals surface area contributed by atoms with Crippen molar-refractivity contribution in [2.24, 2.45) is 0 Å². The van der Waals surface area contributed by atoms with Gasteiger partial charge in [0.25, 0.3) is 0 Å². The third kappa shape index (κ3) is 2.74. The maximum absolute atomic E-state index is 11.9. The topological polar surface area (TPSA) is 36.7 Å². The predicted octanol–water partition coefficient (Wildman–Crippen LogP) is 3.77. The highest BCUT2D eigenvalue weighted by molar-refractivity contribution is 6.33.